The van der Waals surface area contributed by atoms with Crippen molar-refractivity contribution in [1.29, 1.82) is 0 Å². The zero-order chi connectivity index (χ0) is 17.9. The Labute approximate surface area is 143 Å². The van der Waals surface area contributed by atoms with Crippen LogP contribution in [-0.2, 0) is 9.53 Å². The lowest BCUT2D eigenvalue weighted by molar-refractivity contribution is -0.166. The van der Waals surface area contributed by atoms with Gasteiger partial charge in [0.25, 0.3) is 0 Å². The van der Waals surface area contributed by atoms with Crippen LogP contribution in [0.1, 0.15) is 51.7 Å². The number of aromatic hydroxyl groups is 1. The third-order valence-electron chi connectivity index (χ3n) is 4.98. The van der Waals surface area contributed by atoms with Crippen molar-refractivity contribution in [2.45, 2.75) is 52.2 Å². The number of phenols is 1. The van der Waals surface area contributed by atoms with E-state index < -0.39 is 12.1 Å². The van der Waals surface area contributed by atoms with Gasteiger partial charge >= 0.3 is 5.97 Å². The highest BCUT2D eigenvalue weighted by molar-refractivity contribution is 5.77. The minimum Gasteiger partial charge on any atom is -0.508 e. The Morgan fingerprint density at radius 3 is 2.62 bits per heavy atom. The predicted octanol–water partition coefficient (Wildman–Crippen LogP) is 3.44. The molecule has 0 amide bonds. The summed E-state index contributed by atoms with van der Waals surface area (Å²) in [6.45, 7) is 6.42. The number of carbonyl (C=O) groups is 1. The molecule has 0 radical (unpaired) electrons. The Bertz CT molecular complexity index is 569. The van der Waals surface area contributed by atoms with Crippen molar-refractivity contribution in [2.75, 3.05) is 7.11 Å². The highest BCUT2D eigenvalue weighted by Crippen LogP contribution is 2.37. The van der Waals surface area contributed by atoms with Crippen LogP contribution in [0, 0.1) is 17.8 Å². The summed E-state index contributed by atoms with van der Waals surface area (Å²) < 4.78 is 10.7. The van der Waals surface area contributed by atoms with Gasteiger partial charge in [-0.15, -0.1) is 0 Å². The summed E-state index contributed by atoms with van der Waals surface area (Å²) in [5.41, 5.74) is 0.101. The van der Waals surface area contributed by atoms with Gasteiger partial charge in [0.05, 0.1) is 7.11 Å². The van der Waals surface area contributed by atoms with Crippen molar-refractivity contribution in [3.63, 3.8) is 0 Å². The molecule has 0 aliphatic heterocycles. The molecule has 1 aromatic rings. The maximum Gasteiger partial charge on any atom is 0.340 e. The smallest absolute Gasteiger partial charge is 0.340 e. The molecule has 5 nitrogen and oxygen atoms in total. The summed E-state index contributed by atoms with van der Waals surface area (Å²) in [6.07, 6.45) is 1.26. The normalized spacial score (nSPS) is 25.3. The van der Waals surface area contributed by atoms with Crippen molar-refractivity contribution in [2.24, 2.45) is 17.8 Å². The zero-order valence-electron chi connectivity index (χ0n) is 14.9. The van der Waals surface area contributed by atoms with Gasteiger partial charge in [0.1, 0.15) is 17.6 Å². The van der Waals surface area contributed by atoms with E-state index in [0.717, 1.165) is 19.3 Å². The quantitative estimate of drug-likeness (QED) is 0.806. The number of ether oxygens (including phenoxy) is 2. The van der Waals surface area contributed by atoms with Gasteiger partial charge in [-0.1, -0.05) is 27.2 Å². The number of benzene rings is 1. The summed E-state index contributed by atoms with van der Waals surface area (Å²) >= 11 is 0. The number of hydrogen-bond acceptors (Lipinski definition) is 5. The molecule has 0 spiro atoms. The average molecular weight is 336 g/mol. The van der Waals surface area contributed by atoms with Gasteiger partial charge in [-0.05, 0) is 48.8 Å². The molecule has 1 aromatic carbocycles. The first-order valence-corrected chi connectivity index (χ1v) is 8.59. The summed E-state index contributed by atoms with van der Waals surface area (Å²) in [6, 6.07) is 4.41. The van der Waals surface area contributed by atoms with E-state index in [0.29, 0.717) is 23.5 Å². The number of aliphatic hydroxyl groups is 1. The average Bonchev–Trinajstić information content (AvgIpc) is 2.54. The lowest BCUT2D eigenvalue weighted by atomic mass is 9.75. The minimum absolute atomic E-state index is 0.101. The molecular formula is C19H28O5. The fourth-order valence-corrected chi connectivity index (χ4v) is 3.47. The molecule has 0 aromatic heterocycles. The Balaban J connectivity index is 2.12. The summed E-state index contributed by atoms with van der Waals surface area (Å²) in [7, 11) is 1.48. The van der Waals surface area contributed by atoms with E-state index in [-0.39, 0.29) is 17.4 Å². The Kier molecular flexibility index (Phi) is 6.10. The highest BCUT2D eigenvalue weighted by Gasteiger charge is 2.35. The van der Waals surface area contributed by atoms with Crippen LogP contribution in [0.15, 0.2) is 18.2 Å². The third-order valence-corrected chi connectivity index (χ3v) is 4.98. The number of rotatable bonds is 5. The van der Waals surface area contributed by atoms with Crippen LogP contribution in [0.2, 0.25) is 0 Å². The summed E-state index contributed by atoms with van der Waals surface area (Å²) in [5, 5.41) is 20.2. The van der Waals surface area contributed by atoms with Gasteiger partial charge in [0.2, 0.25) is 0 Å². The maximum atomic E-state index is 12.4. The van der Waals surface area contributed by atoms with Gasteiger partial charge < -0.3 is 19.7 Å². The highest BCUT2D eigenvalue weighted by atomic mass is 16.6. The molecule has 2 N–H and O–H groups in total. The van der Waals surface area contributed by atoms with Crippen LogP contribution in [0.3, 0.4) is 0 Å². The SMILES string of the molecule is COc1ccc(O)c([C@H](O)C(=O)O[C@@H]2C[C@H](C)CC[C@H]2C(C)C)c1. The van der Waals surface area contributed by atoms with Crippen LogP contribution in [0.4, 0.5) is 0 Å². The second kappa shape index (κ2) is 7.88. The zero-order valence-corrected chi connectivity index (χ0v) is 14.9. The second-order valence-electron chi connectivity index (χ2n) is 7.13. The monoisotopic (exact) mass is 336 g/mol. The van der Waals surface area contributed by atoms with E-state index in [9.17, 15) is 15.0 Å². The molecule has 1 fully saturated rings. The fraction of sp³-hybridized carbons (Fsp3) is 0.632. The van der Waals surface area contributed by atoms with Gasteiger partial charge in [0, 0.05) is 5.56 Å². The van der Waals surface area contributed by atoms with E-state index in [1.807, 2.05) is 0 Å². The Hall–Kier alpha value is -1.75. The molecule has 24 heavy (non-hydrogen) atoms. The van der Waals surface area contributed by atoms with Gasteiger partial charge in [0.15, 0.2) is 6.10 Å². The molecule has 0 heterocycles. The lowest BCUT2D eigenvalue weighted by Gasteiger charge is -2.37. The molecule has 4 atom stereocenters. The van der Waals surface area contributed by atoms with Gasteiger partial charge in [-0.25, -0.2) is 4.79 Å². The predicted molar refractivity (Wildman–Crippen MR) is 90.8 cm³/mol. The molecule has 0 saturated heterocycles. The van der Waals surface area contributed by atoms with Crippen molar-refractivity contribution in [1.82, 2.24) is 0 Å². The molecule has 1 aliphatic rings. The number of aliphatic hydroxyl groups excluding tert-OH is 1. The van der Waals surface area contributed by atoms with Gasteiger partial charge in [-0.3, -0.25) is 0 Å². The lowest BCUT2D eigenvalue weighted by Crippen LogP contribution is -2.37. The summed E-state index contributed by atoms with van der Waals surface area (Å²) in [4.78, 5) is 12.4. The first kappa shape index (κ1) is 18.6. The molecule has 1 saturated carbocycles. The molecule has 2 rings (SSSR count). The van der Waals surface area contributed by atoms with Crippen LogP contribution >= 0.6 is 0 Å². The first-order valence-electron chi connectivity index (χ1n) is 8.59. The van der Waals surface area contributed by atoms with E-state index in [1.54, 1.807) is 6.07 Å². The second-order valence-corrected chi connectivity index (χ2v) is 7.13. The van der Waals surface area contributed by atoms with E-state index in [4.69, 9.17) is 9.47 Å². The molecule has 0 bridgehead atoms. The van der Waals surface area contributed by atoms with Crippen LogP contribution in [-0.4, -0.2) is 29.4 Å². The summed E-state index contributed by atoms with van der Waals surface area (Å²) in [5.74, 6) is 0.802. The number of esters is 1. The molecule has 0 unspecified atom stereocenters. The number of phenolic OH excluding ortho intramolecular Hbond substituents is 1. The van der Waals surface area contributed by atoms with Crippen LogP contribution in [0.5, 0.6) is 11.5 Å². The fourth-order valence-electron chi connectivity index (χ4n) is 3.47. The van der Waals surface area contributed by atoms with Crippen molar-refractivity contribution in [3.8, 4) is 11.5 Å². The van der Waals surface area contributed by atoms with Gasteiger partial charge in [-0.2, -0.15) is 0 Å². The van der Waals surface area contributed by atoms with E-state index in [1.165, 1.54) is 19.2 Å². The molecular weight excluding hydrogens is 308 g/mol. The third kappa shape index (κ3) is 4.20. The van der Waals surface area contributed by atoms with Crippen LogP contribution in [0.25, 0.3) is 0 Å². The topological polar surface area (TPSA) is 76.0 Å². The first-order chi connectivity index (χ1) is 11.3. The number of hydrogen-bond donors (Lipinski definition) is 2. The maximum absolute atomic E-state index is 12.4. The van der Waals surface area contributed by atoms with E-state index >= 15 is 0 Å². The minimum atomic E-state index is -1.52. The van der Waals surface area contributed by atoms with E-state index in [2.05, 4.69) is 20.8 Å². The standard InChI is InChI=1S/C19H28O5/c1-11(2)14-7-5-12(3)9-17(14)24-19(22)18(21)15-10-13(23-4)6-8-16(15)20/h6,8,10-12,14,17-18,20-21H,5,7,9H2,1-4H3/t12-,14+,17-,18+/m1/s1. The number of methoxy groups -OCH3 is 1. The Morgan fingerprint density at radius 1 is 1.29 bits per heavy atom. The molecule has 5 heteroatoms. The Morgan fingerprint density at radius 2 is 2.00 bits per heavy atom. The van der Waals surface area contributed by atoms with Crippen molar-refractivity contribution >= 4 is 5.97 Å². The van der Waals surface area contributed by atoms with Crippen molar-refractivity contribution in [3.05, 3.63) is 23.8 Å². The molecule has 1 aliphatic carbocycles. The molecule has 134 valence electrons. The largest absolute Gasteiger partial charge is 0.508 e. The number of carbonyl (C=O) groups excluding carboxylic acids is 1. The van der Waals surface area contributed by atoms with Crippen LogP contribution < -0.4 is 4.74 Å². The van der Waals surface area contributed by atoms with Crippen molar-refractivity contribution < 1.29 is 24.5 Å².